The summed E-state index contributed by atoms with van der Waals surface area (Å²) >= 11 is 0. The third kappa shape index (κ3) is 3.84. The average Bonchev–Trinajstić information content (AvgIpc) is 3.52. The Kier molecular flexibility index (Phi) is 5.03. The maximum absolute atomic E-state index is 6.28. The average molecular weight is 411 g/mol. The number of allylic oxidation sites excluding steroid dienone is 1. The first kappa shape index (κ1) is 19.6. The van der Waals surface area contributed by atoms with Crippen LogP contribution in [-0.4, -0.2) is 50.4 Å². The lowest BCUT2D eigenvalue weighted by molar-refractivity contribution is -0.0930. The molecule has 7 nitrogen and oxygen atoms in total. The molecule has 0 spiro atoms. The van der Waals surface area contributed by atoms with E-state index in [1.54, 1.807) is 13.4 Å². The van der Waals surface area contributed by atoms with Crippen LogP contribution in [0.4, 0.5) is 0 Å². The molecule has 2 N–H and O–H groups in total. The van der Waals surface area contributed by atoms with Crippen molar-refractivity contribution in [2.45, 2.75) is 50.6 Å². The Morgan fingerprint density at radius 2 is 2.10 bits per heavy atom. The largest absolute Gasteiger partial charge is 0.490 e. The number of nitrogens with zero attached hydrogens (tertiary/aromatic N) is 2. The van der Waals surface area contributed by atoms with Gasteiger partial charge in [-0.15, -0.1) is 0 Å². The van der Waals surface area contributed by atoms with Crippen LogP contribution in [0.2, 0.25) is 0 Å². The fraction of sp³-hybridized carbons (Fsp3) is 0.565. The number of hydrogen-bond acceptors (Lipinski definition) is 6. The number of nitrogens with one attached hydrogen (secondary N) is 2. The molecule has 1 fully saturated rings. The van der Waals surface area contributed by atoms with Crippen LogP contribution in [0.25, 0.3) is 0 Å². The molecule has 0 saturated heterocycles. The molecule has 4 aliphatic rings. The van der Waals surface area contributed by atoms with Gasteiger partial charge in [-0.2, -0.15) is 0 Å². The zero-order valence-electron chi connectivity index (χ0n) is 17.8. The lowest BCUT2D eigenvalue weighted by Crippen LogP contribution is -2.44. The van der Waals surface area contributed by atoms with Gasteiger partial charge in [0.05, 0.1) is 24.5 Å². The molecular formula is C23H30N4O3. The predicted molar refractivity (Wildman–Crippen MR) is 116 cm³/mol. The molecule has 1 aromatic rings. The summed E-state index contributed by atoms with van der Waals surface area (Å²) in [7, 11) is 1.70. The van der Waals surface area contributed by atoms with Gasteiger partial charge in [-0.25, -0.2) is 4.99 Å². The zero-order chi connectivity index (χ0) is 20.7. The number of para-hydroxylation sites is 1. The van der Waals surface area contributed by atoms with Crippen LogP contribution >= 0.6 is 0 Å². The lowest BCUT2D eigenvalue weighted by Gasteiger charge is -2.34. The van der Waals surface area contributed by atoms with E-state index >= 15 is 0 Å². The second kappa shape index (κ2) is 7.71. The molecule has 5 rings (SSSR count). The Bertz CT molecular complexity index is 890. The Morgan fingerprint density at radius 1 is 1.27 bits per heavy atom. The zero-order valence-corrected chi connectivity index (χ0v) is 17.8. The number of amidine groups is 1. The van der Waals surface area contributed by atoms with Crippen molar-refractivity contribution < 1.29 is 14.2 Å². The summed E-state index contributed by atoms with van der Waals surface area (Å²) in [6, 6.07) is 7.94. The van der Waals surface area contributed by atoms with Crippen molar-refractivity contribution in [2.24, 2.45) is 21.8 Å². The Balaban J connectivity index is 1.44. The van der Waals surface area contributed by atoms with Crippen molar-refractivity contribution in [3.8, 4) is 5.75 Å². The highest BCUT2D eigenvalue weighted by molar-refractivity contribution is 5.97. The van der Waals surface area contributed by atoms with Crippen molar-refractivity contribution in [1.82, 2.24) is 10.6 Å². The number of benzene rings is 1. The summed E-state index contributed by atoms with van der Waals surface area (Å²) in [4.78, 5) is 9.77. The van der Waals surface area contributed by atoms with Gasteiger partial charge in [-0.1, -0.05) is 24.3 Å². The summed E-state index contributed by atoms with van der Waals surface area (Å²) in [5.74, 6) is 2.59. The van der Waals surface area contributed by atoms with Crippen molar-refractivity contribution in [3.63, 3.8) is 0 Å². The fourth-order valence-corrected chi connectivity index (χ4v) is 4.13. The monoisotopic (exact) mass is 410 g/mol. The summed E-state index contributed by atoms with van der Waals surface area (Å²) in [6.07, 6.45) is 6.43. The van der Waals surface area contributed by atoms with Gasteiger partial charge in [0.25, 0.3) is 0 Å². The number of methoxy groups -OCH3 is 1. The van der Waals surface area contributed by atoms with Gasteiger partial charge in [0.2, 0.25) is 0 Å². The quantitative estimate of drug-likeness (QED) is 0.754. The van der Waals surface area contributed by atoms with E-state index in [9.17, 15) is 0 Å². The Labute approximate surface area is 177 Å². The number of hydrogen-bond donors (Lipinski definition) is 2. The topological polar surface area (TPSA) is 76.5 Å². The van der Waals surface area contributed by atoms with Gasteiger partial charge in [0, 0.05) is 18.4 Å². The summed E-state index contributed by atoms with van der Waals surface area (Å²) in [5, 5.41) is 6.88. The number of ether oxygens (including phenoxy) is 3. The number of aliphatic imine (C=N–C) groups is 2. The van der Waals surface area contributed by atoms with E-state index in [4.69, 9.17) is 19.2 Å². The van der Waals surface area contributed by atoms with Gasteiger partial charge in [0.1, 0.15) is 36.5 Å². The maximum atomic E-state index is 6.28. The van der Waals surface area contributed by atoms with Crippen LogP contribution in [0.1, 0.15) is 38.3 Å². The minimum absolute atomic E-state index is 0.0301. The van der Waals surface area contributed by atoms with E-state index in [1.165, 1.54) is 18.5 Å². The standard InChI is InChI=1S/C23H30N4O3/c1-23(2,28-3)12-30-19-11-29-18-7-5-4-6-15(18)20(19)27-22-16-10-17(14-8-9-14)26-21(16)24-13-25-22/h4-7,10,13-14,16,19-21,26H,8-9,11-12H2,1-3H3,(H,24,25,27)/t16?,19?,20-,21?/m0/s1. The molecule has 3 aliphatic heterocycles. The van der Waals surface area contributed by atoms with E-state index in [0.29, 0.717) is 19.1 Å². The van der Waals surface area contributed by atoms with Crippen molar-refractivity contribution in [3.05, 3.63) is 41.6 Å². The summed E-state index contributed by atoms with van der Waals surface area (Å²) in [6.45, 7) is 4.96. The first-order chi connectivity index (χ1) is 14.5. The number of rotatable bonds is 6. The molecule has 0 amide bonds. The van der Waals surface area contributed by atoms with E-state index in [1.807, 2.05) is 32.0 Å². The minimum atomic E-state index is -0.368. The maximum Gasteiger partial charge on any atom is 0.133 e. The molecular weight excluding hydrogens is 380 g/mol. The Morgan fingerprint density at radius 3 is 2.90 bits per heavy atom. The first-order valence-corrected chi connectivity index (χ1v) is 10.8. The highest BCUT2D eigenvalue weighted by Gasteiger charge is 2.40. The minimum Gasteiger partial charge on any atom is -0.490 e. The molecule has 160 valence electrons. The van der Waals surface area contributed by atoms with E-state index < -0.39 is 0 Å². The predicted octanol–water partition coefficient (Wildman–Crippen LogP) is 2.80. The van der Waals surface area contributed by atoms with Gasteiger partial charge < -0.3 is 24.8 Å². The van der Waals surface area contributed by atoms with Crippen LogP contribution < -0.4 is 15.4 Å². The third-order valence-electron chi connectivity index (χ3n) is 6.26. The van der Waals surface area contributed by atoms with Crippen molar-refractivity contribution in [1.29, 1.82) is 0 Å². The fourth-order valence-electron chi connectivity index (χ4n) is 4.13. The van der Waals surface area contributed by atoms with Crippen LogP contribution in [-0.2, 0) is 9.47 Å². The molecule has 1 aromatic carbocycles. The summed E-state index contributed by atoms with van der Waals surface area (Å²) in [5.41, 5.74) is 2.00. The molecule has 0 aromatic heterocycles. The van der Waals surface area contributed by atoms with Gasteiger partial charge in [0.15, 0.2) is 0 Å². The molecule has 1 saturated carbocycles. The SMILES string of the molecule is COC(C)(C)COC1COc2ccccc2[C@@H]1N=C1NC=NC2NC(C3CC3)=CC12. The Hall–Kier alpha value is -2.38. The van der Waals surface area contributed by atoms with Crippen LogP contribution in [0.5, 0.6) is 5.75 Å². The highest BCUT2D eigenvalue weighted by Crippen LogP contribution is 2.40. The van der Waals surface area contributed by atoms with E-state index in [2.05, 4.69) is 27.8 Å². The molecule has 0 bridgehead atoms. The van der Waals surface area contributed by atoms with E-state index in [0.717, 1.165) is 17.1 Å². The molecule has 3 heterocycles. The summed E-state index contributed by atoms with van der Waals surface area (Å²) < 4.78 is 17.8. The molecule has 7 heteroatoms. The second-order valence-corrected chi connectivity index (χ2v) is 9.06. The van der Waals surface area contributed by atoms with Crippen LogP contribution in [0, 0.1) is 11.8 Å². The van der Waals surface area contributed by atoms with Gasteiger partial charge >= 0.3 is 0 Å². The molecule has 0 radical (unpaired) electrons. The molecule has 4 atom stereocenters. The number of fused-ring (bicyclic) bond motifs is 2. The molecule has 3 unspecified atom stereocenters. The highest BCUT2D eigenvalue weighted by atomic mass is 16.6. The molecule has 1 aliphatic carbocycles. The van der Waals surface area contributed by atoms with Crippen LogP contribution in [0.3, 0.4) is 0 Å². The van der Waals surface area contributed by atoms with Gasteiger partial charge in [-0.05, 0) is 38.7 Å². The van der Waals surface area contributed by atoms with E-state index in [-0.39, 0.29) is 29.8 Å². The molecule has 30 heavy (non-hydrogen) atoms. The third-order valence-corrected chi connectivity index (χ3v) is 6.26. The van der Waals surface area contributed by atoms with Crippen molar-refractivity contribution in [2.75, 3.05) is 20.3 Å². The normalized spacial score (nSPS) is 31.3. The second-order valence-electron chi connectivity index (χ2n) is 9.06. The first-order valence-electron chi connectivity index (χ1n) is 10.8. The van der Waals surface area contributed by atoms with Crippen LogP contribution in [0.15, 0.2) is 46.0 Å². The van der Waals surface area contributed by atoms with Crippen molar-refractivity contribution >= 4 is 12.2 Å². The smallest absolute Gasteiger partial charge is 0.133 e. The lowest BCUT2D eigenvalue weighted by atomic mass is 9.97. The van der Waals surface area contributed by atoms with Gasteiger partial charge in [-0.3, -0.25) is 4.99 Å².